The summed E-state index contributed by atoms with van der Waals surface area (Å²) in [6.45, 7) is 9.46. The largest absolute Gasteiger partial charge is 0.358 e. The normalized spacial score (nSPS) is 14.1. The Morgan fingerprint density at radius 2 is 1.96 bits per heavy atom. The van der Waals surface area contributed by atoms with Crippen molar-refractivity contribution in [1.29, 1.82) is 0 Å². The van der Waals surface area contributed by atoms with Crippen molar-refractivity contribution in [2.75, 3.05) is 4.90 Å². The van der Waals surface area contributed by atoms with Gasteiger partial charge in [-0.1, -0.05) is 56.3 Å². The summed E-state index contributed by atoms with van der Waals surface area (Å²) in [5, 5.41) is 1.92. The van der Waals surface area contributed by atoms with E-state index in [0.29, 0.717) is 5.92 Å². The van der Waals surface area contributed by atoms with E-state index < -0.39 is 0 Å². The maximum absolute atomic E-state index is 6.58. The zero-order valence-corrected chi connectivity index (χ0v) is 14.1. The highest BCUT2D eigenvalue weighted by Gasteiger charge is 2.25. The lowest BCUT2D eigenvalue weighted by Crippen LogP contribution is -2.13. The van der Waals surface area contributed by atoms with Crippen LogP contribution in [-0.2, 0) is 6.54 Å². The quantitative estimate of drug-likeness (QED) is 0.619. The van der Waals surface area contributed by atoms with Crippen molar-refractivity contribution in [3.8, 4) is 0 Å². The van der Waals surface area contributed by atoms with Crippen LogP contribution in [-0.4, -0.2) is 4.98 Å². The van der Waals surface area contributed by atoms with Gasteiger partial charge in [0.1, 0.15) is 0 Å². The number of fused-ring (bicyclic) bond motifs is 2. The van der Waals surface area contributed by atoms with E-state index in [2.05, 4.69) is 66.7 Å². The number of aromatic amines is 1. The van der Waals surface area contributed by atoms with Gasteiger partial charge in [-0.3, -0.25) is 0 Å². The average Bonchev–Trinajstić information content (AvgIpc) is 3.08. The number of nitrogens with zero attached hydrogens (tertiary/aromatic N) is 1. The summed E-state index contributed by atoms with van der Waals surface area (Å²) in [4.78, 5) is 5.70. The Bertz CT molecular complexity index is 921. The Labute approximate surface area is 141 Å². The Kier molecular flexibility index (Phi) is 3.24. The summed E-state index contributed by atoms with van der Waals surface area (Å²) in [6.07, 6.45) is 0. The highest BCUT2D eigenvalue weighted by Crippen LogP contribution is 2.40. The Morgan fingerprint density at radius 1 is 1.17 bits per heavy atom. The first-order valence-corrected chi connectivity index (χ1v) is 8.29. The van der Waals surface area contributed by atoms with Crippen LogP contribution in [0, 0.1) is 0 Å². The second kappa shape index (κ2) is 5.17. The molecule has 0 unspecified atom stereocenters. The fraction of sp³-hybridized carbons (Fsp3) is 0.200. The first-order valence-electron chi connectivity index (χ1n) is 7.91. The molecular formula is C20H19ClN2. The van der Waals surface area contributed by atoms with E-state index in [4.69, 9.17) is 11.6 Å². The highest BCUT2D eigenvalue weighted by molar-refractivity contribution is 6.34. The molecule has 116 valence electrons. The van der Waals surface area contributed by atoms with Crippen molar-refractivity contribution in [1.82, 2.24) is 4.98 Å². The number of halogens is 1. The molecule has 3 heteroatoms. The van der Waals surface area contributed by atoms with Crippen LogP contribution in [0.2, 0.25) is 5.02 Å². The minimum Gasteiger partial charge on any atom is -0.358 e. The maximum atomic E-state index is 6.58. The smallest absolute Gasteiger partial charge is 0.0650 e. The van der Waals surface area contributed by atoms with E-state index in [-0.39, 0.29) is 0 Å². The number of nitrogens with one attached hydrogen (secondary N) is 1. The second-order valence-corrected chi connectivity index (χ2v) is 6.87. The van der Waals surface area contributed by atoms with E-state index in [0.717, 1.165) is 33.9 Å². The van der Waals surface area contributed by atoms with E-state index in [9.17, 15) is 0 Å². The third-order valence-corrected chi connectivity index (χ3v) is 4.91. The van der Waals surface area contributed by atoms with Crippen LogP contribution in [0.3, 0.4) is 0 Å². The van der Waals surface area contributed by atoms with Gasteiger partial charge >= 0.3 is 0 Å². The van der Waals surface area contributed by atoms with Crippen molar-refractivity contribution in [3.63, 3.8) is 0 Å². The minimum atomic E-state index is 0.468. The lowest BCUT2D eigenvalue weighted by Gasteiger charge is -2.21. The molecule has 2 nitrogen and oxygen atoms in total. The predicted octanol–water partition coefficient (Wildman–Crippen LogP) is 5.94. The number of H-pyrrole nitrogens is 1. The third-order valence-electron chi connectivity index (χ3n) is 4.60. The Morgan fingerprint density at radius 3 is 2.70 bits per heavy atom. The molecule has 2 heterocycles. The van der Waals surface area contributed by atoms with E-state index in [1.807, 2.05) is 6.07 Å². The molecule has 0 saturated carbocycles. The van der Waals surface area contributed by atoms with Gasteiger partial charge in [0.2, 0.25) is 0 Å². The van der Waals surface area contributed by atoms with Crippen molar-refractivity contribution in [2.24, 2.45) is 0 Å². The standard InChI is InChI=1S/C20H19ClN2/c1-12(2)18-9-15-8-17(21)20(10-19(15)22-18)23-11-14-6-4-5-7-16(14)13(23)3/h4-10,12,22H,3,11H2,1-2H3. The molecule has 0 amide bonds. The summed E-state index contributed by atoms with van der Waals surface area (Å²) in [6, 6.07) is 14.8. The van der Waals surface area contributed by atoms with Crippen LogP contribution in [0.15, 0.2) is 49.0 Å². The van der Waals surface area contributed by atoms with Crippen molar-refractivity contribution < 1.29 is 0 Å². The van der Waals surface area contributed by atoms with E-state index >= 15 is 0 Å². The number of benzene rings is 2. The van der Waals surface area contributed by atoms with Crippen LogP contribution >= 0.6 is 11.6 Å². The monoisotopic (exact) mass is 322 g/mol. The summed E-state index contributed by atoms with van der Waals surface area (Å²) in [5.41, 5.74) is 6.88. The second-order valence-electron chi connectivity index (χ2n) is 6.46. The third kappa shape index (κ3) is 2.25. The number of aromatic nitrogens is 1. The molecule has 4 rings (SSSR count). The SMILES string of the molecule is C=C1c2ccccc2CN1c1cc2[nH]c(C(C)C)cc2cc1Cl. The summed E-state index contributed by atoms with van der Waals surface area (Å²) in [7, 11) is 0. The molecule has 0 radical (unpaired) electrons. The highest BCUT2D eigenvalue weighted by atomic mass is 35.5. The van der Waals surface area contributed by atoms with Gasteiger partial charge in [0, 0.05) is 34.4 Å². The van der Waals surface area contributed by atoms with Gasteiger partial charge in [0.15, 0.2) is 0 Å². The fourth-order valence-corrected chi connectivity index (χ4v) is 3.54. The zero-order chi connectivity index (χ0) is 16.1. The molecule has 0 spiro atoms. The van der Waals surface area contributed by atoms with Crippen LogP contribution in [0.1, 0.15) is 36.6 Å². The molecule has 0 saturated heterocycles. The van der Waals surface area contributed by atoms with Crippen molar-refractivity contribution in [2.45, 2.75) is 26.3 Å². The average molecular weight is 323 g/mol. The molecular weight excluding hydrogens is 304 g/mol. The van der Waals surface area contributed by atoms with Crippen molar-refractivity contribution >= 4 is 33.9 Å². The lowest BCUT2D eigenvalue weighted by atomic mass is 10.1. The van der Waals surface area contributed by atoms with Gasteiger partial charge in [-0.25, -0.2) is 0 Å². The van der Waals surface area contributed by atoms with Gasteiger partial charge in [0.05, 0.1) is 10.7 Å². The number of hydrogen-bond donors (Lipinski definition) is 1. The van der Waals surface area contributed by atoms with Gasteiger partial charge in [-0.05, 0) is 29.7 Å². The summed E-state index contributed by atoms with van der Waals surface area (Å²) >= 11 is 6.58. The first-order chi connectivity index (χ1) is 11.0. The Hall–Kier alpha value is -2.19. The van der Waals surface area contributed by atoms with Crippen molar-refractivity contribution in [3.05, 3.63) is 70.9 Å². The van der Waals surface area contributed by atoms with Crippen LogP contribution < -0.4 is 4.90 Å². The molecule has 0 aliphatic carbocycles. The number of rotatable bonds is 2. The number of hydrogen-bond acceptors (Lipinski definition) is 1. The van der Waals surface area contributed by atoms with Gasteiger partial charge < -0.3 is 9.88 Å². The van der Waals surface area contributed by atoms with Gasteiger partial charge in [-0.2, -0.15) is 0 Å². The molecule has 1 aromatic heterocycles. The molecule has 2 aromatic carbocycles. The van der Waals surface area contributed by atoms with E-state index in [1.54, 1.807) is 0 Å². The predicted molar refractivity (Wildman–Crippen MR) is 99.1 cm³/mol. The van der Waals surface area contributed by atoms with E-state index in [1.165, 1.54) is 16.8 Å². The molecule has 23 heavy (non-hydrogen) atoms. The van der Waals surface area contributed by atoms with Gasteiger partial charge in [-0.15, -0.1) is 0 Å². The van der Waals surface area contributed by atoms with Gasteiger partial charge in [0.25, 0.3) is 0 Å². The molecule has 0 fully saturated rings. The summed E-state index contributed by atoms with van der Waals surface area (Å²) in [5.74, 6) is 0.468. The lowest BCUT2D eigenvalue weighted by molar-refractivity contribution is 0.836. The summed E-state index contributed by atoms with van der Waals surface area (Å²) < 4.78 is 0. The maximum Gasteiger partial charge on any atom is 0.0650 e. The molecule has 0 bridgehead atoms. The van der Waals surface area contributed by atoms with Crippen LogP contribution in [0.25, 0.3) is 16.6 Å². The van der Waals surface area contributed by atoms with Crippen LogP contribution in [0.4, 0.5) is 5.69 Å². The zero-order valence-electron chi connectivity index (χ0n) is 13.4. The fourth-order valence-electron chi connectivity index (χ4n) is 3.26. The molecule has 3 aromatic rings. The first kappa shape index (κ1) is 14.4. The molecule has 1 N–H and O–H groups in total. The molecule has 1 aliphatic rings. The Balaban J connectivity index is 1.81. The topological polar surface area (TPSA) is 19.0 Å². The number of anilines is 1. The minimum absolute atomic E-state index is 0.468. The molecule has 1 aliphatic heterocycles. The van der Waals surface area contributed by atoms with Crippen LogP contribution in [0.5, 0.6) is 0 Å². The molecule has 0 atom stereocenters.